The second kappa shape index (κ2) is 9.45. The minimum Gasteiger partial charge on any atom is -0.472 e. The van der Waals surface area contributed by atoms with E-state index in [4.69, 9.17) is 30.8 Å². The van der Waals surface area contributed by atoms with E-state index in [0.29, 0.717) is 24.2 Å². The van der Waals surface area contributed by atoms with Crippen molar-refractivity contribution in [1.29, 1.82) is 0 Å². The van der Waals surface area contributed by atoms with Gasteiger partial charge in [-0.2, -0.15) is 15.0 Å². The summed E-state index contributed by atoms with van der Waals surface area (Å²) in [6.45, 7) is 8.80. The van der Waals surface area contributed by atoms with E-state index < -0.39 is 23.6 Å². The SMILES string of the molecule is C[C@@H]1Oc2nc(Cl)c(F)c3nc(OC[C@H]4[C@@H](O)CCN4C)nc(c23)N2C[C@H]3CC[C@@H]([C@@H]12)N3C(=O)OC(C)(C)C. The Bertz CT molecular complexity index is 1300. The summed E-state index contributed by atoms with van der Waals surface area (Å²) in [5, 5.41) is 10.3. The monoisotopic (exact) mass is 564 g/mol. The van der Waals surface area contributed by atoms with E-state index in [0.717, 1.165) is 19.4 Å². The maximum atomic E-state index is 15.4. The number of hydrogen-bond acceptors (Lipinski definition) is 10. The van der Waals surface area contributed by atoms with E-state index in [2.05, 4.69) is 14.9 Å². The Labute approximate surface area is 231 Å². The number of halogens is 2. The summed E-state index contributed by atoms with van der Waals surface area (Å²) in [7, 11) is 1.92. The third-order valence-electron chi connectivity index (χ3n) is 8.21. The molecular formula is C26H34ClFN6O5. The second-order valence-corrected chi connectivity index (χ2v) is 12.3. The molecule has 6 rings (SSSR count). The van der Waals surface area contributed by atoms with Crippen molar-refractivity contribution in [3.63, 3.8) is 0 Å². The van der Waals surface area contributed by atoms with Gasteiger partial charge in [0.05, 0.1) is 30.3 Å². The molecule has 0 aromatic carbocycles. The zero-order valence-electron chi connectivity index (χ0n) is 22.7. The van der Waals surface area contributed by atoms with Gasteiger partial charge in [-0.05, 0) is 54.0 Å². The van der Waals surface area contributed by atoms with Crippen LogP contribution in [0.25, 0.3) is 10.9 Å². The average Bonchev–Trinajstić information content (AvgIpc) is 3.31. The number of aliphatic hydroxyl groups excluding tert-OH is 1. The maximum absolute atomic E-state index is 15.4. The van der Waals surface area contributed by atoms with Crippen molar-refractivity contribution in [2.24, 2.45) is 0 Å². The lowest BCUT2D eigenvalue weighted by Crippen LogP contribution is -2.65. The molecular weight excluding hydrogens is 531 g/mol. The number of carbonyl (C=O) groups is 1. The summed E-state index contributed by atoms with van der Waals surface area (Å²) in [5.41, 5.74) is -0.667. The smallest absolute Gasteiger partial charge is 0.410 e. The molecule has 11 nitrogen and oxygen atoms in total. The van der Waals surface area contributed by atoms with Crippen LogP contribution in [0.5, 0.6) is 11.9 Å². The highest BCUT2D eigenvalue weighted by atomic mass is 35.5. The second-order valence-electron chi connectivity index (χ2n) is 11.9. The molecule has 0 radical (unpaired) electrons. The van der Waals surface area contributed by atoms with Crippen LogP contribution in [0.1, 0.15) is 47.0 Å². The Morgan fingerprint density at radius 1 is 1.23 bits per heavy atom. The lowest BCUT2D eigenvalue weighted by molar-refractivity contribution is 0.000924. The standard InChI is InChI=1S/C26H34ClFN6O5/c1-12-20-14-7-6-13(34(14)25(36)39-26(2,3)4)10-33(20)22-17-19(18(28)21(27)30-23(17)38-12)29-24(31-22)37-11-15-16(35)8-9-32(15)5/h12-16,20,35H,6-11H2,1-5H3/t12-,13+,14-,15-,16-,20+/m0/s1. The third kappa shape index (κ3) is 4.50. The van der Waals surface area contributed by atoms with Gasteiger partial charge in [-0.3, -0.25) is 9.80 Å². The number of carbonyl (C=O) groups excluding carboxylic acids is 1. The first kappa shape index (κ1) is 26.5. The number of rotatable bonds is 3. The van der Waals surface area contributed by atoms with E-state index in [1.807, 2.05) is 44.5 Å². The lowest BCUT2D eigenvalue weighted by Gasteiger charge is -2.48. The number of ether oxygens (including phenoxy) is 3. The predicted octanol–water partition coefficient (Wildman–Crippen LogP) is 3.00. The quantitative estimate of drug-likeness (QED) is 0.558. The van der Waals surface area contributed by atoms with E-state index in [1.165, 1.54) is 0 Å². The van der Waals surface area contributed by atoms with Gasteiger partial charge in [0.2, 0.25) is 5.88 Å². The van der Waals surface area contributed by atoms with Crippen LogP contribution in [0.4, 0.5) is 15.0 Å². The zero-order chi connectivity index (χ0) is 27.8. The zero-order valence-corrected chi connectivity index (χ0v) is 23.5. The van der Waals surface area contributed by atoms with Crippen LogP contribution < -0.4 is 14.4 Å². The van der Waals surface area contributed by atoms with Gasteiger partial charge in [-0.15, -0.1) is 0 Å². The third-order valence-corrected chi connectivity index (χ3v) is 8.46. The number of nitrogens with zero attached hydrogens (tertiary/aromatic N) is 6. The maximum Gasteiger partial charge on any atom is 0.410 e. The van der Waals surface area contributed by atoms with Crippen molar-refractivity contribution in [3.05, 3.63) is 11.0 Å². The molecule has 0 aliphatic carbocycles. The van der Waals surface area contributed by atoms with Gasteiger partial charge >= 0.3 is 12.1 Å². The topological polar surface area (TPSA) is 113 Å². The number of amides is 1. The Hall–Kier alpha value is -2.70. The highest BCUT2D eigenvalue weighted by Crippen LogP contribution is 2.46. The minimum absolute atomic E-state index is 0.0210. The van der Waals surface area contributed by atoms with Crippen LogP contribution >= 0.6 is 11.6 Å². The molecule has 1 amide bonds. The first-order chi connectivity index (χ1) is 18.4. The fourth-order valence-corrected chi connectivity index (χ4v) is 6.61. The number of aromatic nitrogens is 3. The van der Waals surface area contributed by atoms with Crippen LogP contribution in [0.2, 0.25) is 5.15 Å². The van der Waals surface area contributed by atoms with Crippen molar-refractivity contribution in [3.8, 4) is 11.9 Å². The van der Waals surface area contributed by atoms with Gasteiger partial charge < -0.3 is 24.2 Å². The number of pyridine rings is 1. The molecule has 0 unspecified atom stereocenters. The molecule has 3 fully saturated rings. The number of likely N-dealkylation sites (N-methyl/N-ethyl adjacent to an activating group) is 1. The van der Waals surface area contributed by atoms with Gasteiger partial charge in [0.15, 0.2) is 11.0 Å². The molecule has 13 heteroatoms. The highest BCUT2D eigenvalue weighted by molar-refractivity contribution is 6.30. The molecule has 4 aliphatic heterocycles. The normalized spacial score (nSPS) is 30.3. The van der Waals surface area contributed by atoms with Crippen molar-refractivity contribution in [2.45, 2.75) is 88.9 Å². The molecule has 2 aromatic rings. The molecule has 2 bridgehead atoms. The molecule has 212 valence electrons. The van der Waals surface area contributed by atoms with Crippen molar-refractivity contribution >= 4 is 34.4 Å². The van der Waals surface area contributed by atoms with Crippen molar-refractivity contribution < 1.29 is 28.5 Å². The highest BCUT2D eigenvalue weighted by Gasteiger charge is 2.53. The van der Waals surface area contributed by atoms with Crippen LogP contribution in [0.3, 0.4) is 0 Å². The summed E-state index contributed by atoms with van der Waals surface area (Å²) in [6, 6.07) is -0.876. The molecule has 0 saturated carbocycles. The van der Waals surface area contributed by atoms with Crippen LogP contribution in [-0.4, -0.2) is 105 Å². The molecule has 6 atom stereocenters. The molecule has 6 heterocycles. The molecule has 4 aliphatic rings. The largest absolute Gasteiger partial charge is 0.472 e. The van der Waals surface area contributed by atoms with Gasteiger partial charge in [0.25, 0.3) is 0 Å². The van der Waals surface area contributed by atoms with Crippen LogP contribution in [0, 0.1) is 5.82 Å². The van der Waals surface area contributed by atoms with E-state index in [9.17, 15) is 9.90 Å². The van der Waals surface area contributed by atoms with Crippen LogP contribution in [0.15, 0.2) is 0 Å². The van der Waals surface area contributed by atoms with Crippen molar-refractivity contribution in [1.82, 2.24) is 24.8 Å². The Kier molecular flexibility index (Phi) is 6.42. The van der Waals surface area contributed by atoms with Crippen molar-refractivity contribution in [2.75, 3.05) is 31.6 Å². The summed E-state index contributed by atoms with van der Waals surface area (Å²) >= 11 is 6.17. The van der Waals surface area contributed by atoms with Gasteiger partial charge in [-0.1, -0.05) is 11.6 Å². The minimum atomic E-state index is -0.785. The molecule has 39 heavy (non-hydrogen) atoms. The summed E-state index contributed by atoms with van der Waals surface area (Å²) < 4.78 is 33.4. The van der Waals surface area contributed by atoms with E-state index in [1.54, 1.807) is 0 Å². The van der Waals surface area contributed by atoms with Gasteiger partial charge in [-0.25, -0.2) is 9.18 Å². The number of hydrogen-bond donors (Lipinski definition) is 1. The number of fused-ring (bicyclic) bond motifs is 5. The van der Waals surface area contributed by atoms with Gasteiger partial charge in [0, 0.05) is 13.1 Å². The summed E-state index contributed by atoms with van der Waals surface area (Å²) in [4.78, 5) is 32.5. The molecule has 0 spiro atoms. The van der Waals surface area contributed by atoms with Crippen LogP contribution in [-0.2, 0) is 4.74 Å². The lowest BCUT2D eigenvalue weighted by atomic mass is 9.98. The fraction of sp³-hybridized carbons (Fsp3) is 0.692. The molecule has 3 saturated heterocycles. The Morgan fingerprint density at radius 2 is 2.00 bits per heavy atom. The summed E-state index contributed by atoms with van der Waals surface area (Å²) in [5.74, 6) is -0.207. The molecule has 1 N–H and O–H groups in total. The first-order valence-corrected chi connectivity index (χ1v) is 13.8. The van der Waals surface area contributed by atoms with Gasteiger partial charge in [0.1, 0.15) is 35.0 Å². The first-order valence-electron chi connectivity index (χ1n) is 13.5. The summed E-state index contributed by atoms with van der Waals surface area (Å²) in [6.07, 6.45) is 0.891. The number of piperazine rings is 1. The predicted molar refractivity (Wildman–Crippen MR) is 141 cm³/mol. The van der Waals surface area contributed by atoms with E-state index >= 15 is 4.39 Å². The number of anilines is 1. The number of likely N-dealkylation sites (tertiary alicyclic amines) is 1. The Balaban J connectivity index is 1.41. The fourth-order valence-electron chi connectivity index (χ4n) is 6.44. The van der Waals surface area contributed by atoms with E-state index in [-0.39, 0.29) is 59.4 Å². The Morgan fingerprint density at radius 3 is 2.69 bits per heavy atom. The number of aliphatic hydroxyl groups is 1. The average molecular weight is 565 g/mol. The molecule has 2 aromatic heterocycles.